The molecule has 11 heteroatoms. The molecule has 35 heavy (non-hydrogen) atoms. The summed E-state index contributed by atoms with van der Waals surface area (Å²) in [6, 6.07) is 8.99. The summed E-state index contributed by atoms with van der Waals surface area (Å²) in [6.07, 6.45) is 1.38. The van der Waals surface area contributed by atoms with Crippen molar-refractivity contribution in [1.82, 2.24) is 10.6 Å². The average Bonchev–Trinajstić information content (AvgIpc) is 3.40. The molecule has 0 spiro atoms. The summed E-state index contributed by atoms with van der Waals surface area (Å²) >= 11 is 0. The van der Waals surface area contributed by atoms with Crippen molar-refractivity contribution in [2.24, 2.45) is 0 Å². The molecule has 0 saturated heterocycles. The molecule has 3 amide bonds. The van der Waals surface area contributed by atoms with Gasteiger partial charge in [-0.1, -0.05) is 0 Å². The number of anilines is 1. The van der Waals surface area contributed by atoms with Crippen molar-refractivity contribution in [2.75, 3.05) is 19.0 Å². The maximum absolute atomic E-state index is 12.2. The molecule has 1 aliphatic heterocycles. The summed E-state index contributed by atoms with van der Waals surface area (Å²) in [5.74, 6) is -2.85. The monoisotopic (exact) mass is 481 g/mol. The number of esters is 2. The van der Waals surface area contributed by atoms with Gasteiger partial charge in [0.05, 0.1) is 37.0 Å². The standard InChI is InChI=1S/C24H23N3O8/c1-4-34-23(31)14-5-7-15(8-6-14)27-22(30)21(29)25-12-17-10-9-16(35-17)11-18-19(24(32)33-3)13(2)26-20(18)28/h5-11H,4,12H2,1-3H3,(H,25,29)(H,26,28)(H,27,30)/b18-11-. The van der Waals surface area contributed by atoms with Crippen molar-refractivity contribution in [3.63, 3.8) is 0 Å². The lowest BCUT2D eigenvalue weighted by molar-refractivity contribution is -0.136. The van der Waals surface area contributed by atoms with Crippen LogP contribution in [0.1, 0.15) is 35.7 Å². The molecule has 2 heterocycles. The number of carbonyl (C=O) groups is 5. The first-order valence-corrected chi connectivity index (χ1v) is 10.5. The summed E-state index contributed by atoms with van der Waals surface area (Å²) < 4.78 is 15.2. The third-order valence-corrected chi connectivity index (χ3v) is 4.83. The van der Waals surface area contributed by atoms with E-state index in [2.05, 4.69) is 16.0 Å². The van der Waals surface area contributed by atoms with Crippen molar-refractivity contribution >= 4 is 41.4 Å². The molecule has 1 aliphatic rings. The fourth-order valence-corrected chi connectivity index (χ4v) is 3.17. The second-order valence-corrected chi connectivity index (χ2v) is 7.24. The van der Waals surface area contributed by atoms with Crippen molar-refractivity contribution in [1.29, 1.82) is 0 Å². The van der Waals surface area contributed by atoms with E-state index in [1.165, 1.54) is 37.5 Å². The van der Waals surface area contributed by atoms with Crippen LogP contribution in [0, 0.1) is 0 Å². The van der Waals surface area contributed by atoms with Crippen LogP contribution in [0.25, 0.3) is 6.08 Å². The maximum atomic E-state index is 12.2. The van der Waals surface area contributed by atoms with E-state index in [0.29, 0.717) is 22.7 Å². The van der Waals surface area contributed by atoms with Crippen LogP contribution in [0.4, 0.5) is 5.69 Å². The molecule has 0 saturated carbocycles. The van der Waals surface area contributed by atoms with E-state index in [0.717, 1.165) is 0 Å². The van der Waals surface area contributed by atoms with Crippen LogP contribution in [0.2, 0.25) is 0 Å². The molecule has 3 rings (SSSR count). The first-order valence-electron chi connectivity index (χ1n) is 10.5. The minimum atomic E-state index is -0.909. The highest BCUT2D eigenvalue weighted by molar-refractivity contribution is 6.39. The maximum Gasteiger partial charge on any atom is 0.340 e. The van der Waals surface area contributed by atoms with E-state index in [1.807, 2.05) is 0 Å². The number of rotatable bonds is 7. The van der Waals surface area contributed by atoms with Crippen LogP contribution in [-0.4, -0.2) is 43.4 Å². The summed E-state index contributed by atoms with van der Waals surface area (Å²) in [4.78, 5) is 60.1. The Hall–Kier alpha value is -4.67. The molecular formula is C24H23N3O8. The van der Waals surface area contributed by atoms with Crippen LogP contribution in [0.15, 0.2) is 57.7 Å². The predicted octanol–water partition coefficient (Wildman–Crippen LogP) is 1.67. The van der Waals surface area contributed by atoms with Gasteiger partial charge in [0, 0.05) is 11.4 Å². The van der Waals surface area contributed by atoms with Crippen LogP contribution in [-0.2, 0) is 35.2 Å². The number of benzene rings is 1. The molecule has 0 atom stereocenters. The fraction of sp³-hybridized carbons (Fsp3) is 0.208. The van der Waals surface area contributed by atoms with Gasteiger partial charge in [-0.3, -0.25) is 14.4 Å². The number of hydrogen-bond donors (Lipinski definition) is 3. The van der Waals surface area contributed by atoms with Gasteiger partial charge in [0.15, 0.2) is 0 Å². The Labute approximate surface area is 200 Å². The van der Waals surface area contributed by atoms with Crippen LogP contribution >= 0.6 is 0 Å². The third-order valence-electron chi connectivity index (χ3n) is 4.83. The van der Waals surface area contributed by atoms with Crippen LogP contribution in [0.5, 0.6) is 0 Å². The van der Waals surface area contributed by atoms with Crippen molar-refractivity contribution in [3.05, 3.63) is 70.3 Å². The summed E-state index contributed by atoms with van der Waals surface area (Å²) in [6.45, 7) is 3.42. The largest absolute Gasteiger partial charge is 0.465 e. The van der Waals surface area contributed by atoms with Crippen LogP contribution < -0.4 is 16.0 Å². The van der Waals surface area contributed by atoms with E-state index >= 15 is 0 Å². The number of amides is 3. The first-order chi connectivity index (χ1) is 16.7. The van der Waals surface area contributed by atoms with E-state index < -0.39 is 29.7 Å². The third kappa shape index (κ3) is 6.02. The number of allylic oxidation sites excluding steroid dienone is 1. The molecule has 2 aromatic rings. The second-order valence-electron chi connectivity index (χ2n) is 7.24. The Morgan fingerprint density at radius 1 is 1.03 bits per heavy atom. The predicted molar refractivity (Wildman–Crippen MR) is 122 cm³/mol. The molecule has 0 bridgehead atoms. The number of carbonyl (C=O) groups excluding carboxylic acids is 5. The second kappa shape index (κ2) is 11.0. The SMILES string of the molecule is CCOC(=O)c1ccc(NC(=O)C(=O)NCc2ccc(/C=C3\C(=O)NC(C)=C3C(=O)OC)o2)cc1. The number of furan rings is 1. The summed E-state index contributed by atoms with van der Waals surface area (Å²) in [5.41, 5.74) is 1.21. The van der Waals surface area contributed by atoms with E-state index in [4.69, 9.17) is 13.9 Å². The van der Waals surface area contributed by atoms with Crippen molar-refractivity contribution in [2.45, 2.75) is 20.4 Å². The van der Waals surface area contributed by atoms with Gasteiger partial charge >= 0.3 is 23.8 Å². The number of ether oxygens (including phenoxy) is 2. The van der Waals surface area contributed by atoms with E-state index in [1.54, 1.807) is 26.0 Å². The lowest BCUT2D eigenvalue weighted by atomic mass is 10.1. The van der Waals surface area contributed by atoms with Crippen molar-refractivity contribution in [3.8, 4) is 0 Å². The van der Waals surface area contributed by atoms with Gasteiger partial charge in [-0.2, -0.15) is 0 Å². The molecule has 182 valence electrons. The van der Waals surface area contributed by atoms with Gasteiger partial charge in [0.2, 0.25) is 0 Å². The molecule has 0 radical (unpaired) electrons. The van der Waals surface area contributed by atoms with Gasteiger partial charge in [-0.05, 0) is 56.3 Å². The summed E-state index contributed by atoms with van der Waals surface area (Å²) in [7, 11) is 1.21. The van der Waals surface area contributed by atoms with Gasteiger partial charge in [-0.25, -0.2) is 9.59 Å². The zero-order chi connectivity index (χ0) is 25.5. The average molecular weight is 481 g/mol. The van der Waals surface area contributed by atoms with Gasteiger partial charge in [0.1, 0.15) is 11.5 Å². The summed E-state index contributed by atoms with van der Waals surface area (Å²) in [5, 5.41) is 7.40. The molecule has 1 aromatic carbocycles. The minimum Gasteiger partial charge on any atom is -0.465 e. The Kier molecular flexibility index (Phi) is 7.82. The highest BCUT2D eigenvalue weighted by Crippen LogP contribution is 2.25. The Bertz CT molecular complexity index is 1240. The van der Waals surface area contributed by atoms with Crippen molar-refractivity contribution < 1.29 is 37.9 Å². The molecule has 0 unspecified atom stereocenters. The number of hydrogen-bond acceptors (Lipinski definition) is 8. The number of methoxy groups -OCH3 is 1. The Morgan fingerprint density at radius 3 is 2.40 bits per heavy atom. The Morgan fingerprint density at radius 2 is 1.74 bits per heavy atom. The topological polar surface area (TPSA) is 153 Å². The molecule has 3 N–H and O–H groups in total. The van der Waals surface area contributed by atoms with Crippen LogP contribution in [0.3, 0.4) is 0 Å². The highest BCUT2D eigenvalue weighted by Gasteiger charge is 2.31. The quantitative estimate of drug-likeness (QED) is 0.307. The van der Waals surface area contributed by atoms with Gasteiger partial charge < -0.3 is 29.8 Å². The lowest BCUT2D eigenvalue weighted by Crippen LogP contribution is -2.34. The zero-order valence-electron chi connectivity index (χ0n) is 19.2. The van der Waals surface area contributed by atoms with E-state index in [9.17, 15) is 24.0 Å². The molecule has 0 aliphatic carbocycles. The first kappa shape index (κ1) is 25.0. The molecule has 11 nitrogen and oxygen atoms in total. The molecule has 1 aromatic heterocycles. The van der Waals surface area contributed by atoms with Gasteiger partial charge in [-0.15, -0.1) is 0 Å². The number of nitrogens with one attached hydrogen (secondary N) is 3. The van der Waals surface area contributed by atoms with E-state index in [-0.39, 0.29) is 30.1 Å². The lowest BCUT2D eigenvalue weighted by Gasteiger charge is -2.07. The highest BCUT2D eigenvalue weighted by atomic mass is 16.5. The Balaban J connectivity index is 1.58. The molecule has 0 fully saturated rings. The zero-order valence-corrected chi connectivity index (χ0v) is 19.2. The van der Waals surface area contributed by atoms with Gasteiger partial charge in [0.25, 0.3) is 5.91 Å². The normalized spacial score (nSPS) is 13.9. The fourth-order valence-electron chi connectivity index (χ4n) is 3.17. The smallest absolute Gasteiger partial charge is 0.340 e. The minimum absolute atomic E-state index is 0.0904. The molecular weight excluding hydrogens is 458 g/mol.